The second-order valence-corrected chi connectivity index (χ2v) is 5.65. The molecule has 0 aliphatic rings. The summed E-state index contributed by atoms with van der Waals surface area (Å²) in [7, 11) is 0. The maximum absolute atomic E-state index is 13.0. The van der Waals surface area contributed by atoms with E-state index in [9.17, 15) is 18.7 Å². The van der Waals surface area contributed by atoms with Gasteiger partial charge in [0.05, 0.1) is 11.9 Å². The van der Waals surface area contributed by atoms with E-state index in [1.807, 2.05) is 30.3 Å². The van der Waals surface area contributed by atoms with Crippen LogP contribution in [0.5, 0.6) is 0 Å². The van der Waals surface area contributed by atoms with Crippen molar-refractivity contribution in [2.75, 3.05) is 16.8 Å². The van der Waals surface area contributed by atoms with Crippen molar-refractivity contribution in [2.24, 2.45) is 0 Å². The number of amides is 1. The lowest BCUT2D eigenvalue weighted by Crippen LogP contribution is -2.15. The van der Waals surface area contributed by atoms with Gasteiger partial charge in [0.15, 0.2) is 11.6 Å². The fourth-order valence-electron chi connectivity index (χ4n) is 1.81. The molecule has 0 saturated heterocycles. The van der Waals surface area contributed by atoms with Crippen molar-refractivity contribution < 1.29 is 18.7 Å². The Morgan fingerprint density at radius 1 is 1.14 bits per heavy atom. The molecule has 116 valence electrons. The fourth-order valence-corrected chi connectivity index (χ4v) is 2.60. The quantitative estimate of drug-likeness (QED) is 0.857. The van der Waals surface area contributed by atoms with Gasteiger partial charge in [-0.15, -0.1) is 11.8 Å². The molecule has 0 aliphatic carbocycles. The number of hydrogen-bond donors (Lipinski definition) is 2. The largest absolute Gasteiger partial charge is 0.388 e. The molecule has 1 amide bonds. The predicted octanol–water partition coefficient (Wildman–Crippen LogP) is 3.37. The lowest BCUT2D eigenvalue weighted by Gasteiger charge is -2.10. The minimum Gasteiger partial charge on any atom is -0.388 e. The number of rotatable bonds is 6. The van der Waals surface area contributed by atoms with E-state index >= 15 is 0 Å². The number of aliphatic hydroxyl groups is 1. The highest BCUT2D eigenvalue weighted by molar-refractivity contribution is 7.99. The van der Waals surface area contributed by atoms with Gasteiger partial charge in [-0.2, -0.15) is 0 Å². The third-order valence-corrected chi connectivity index (χ3v) is 3.91. The zero-order valence-corrected chi connectivity index (χ0v) is 12.4. The third-order valence-electron chi connectivity index (χ3n) is 2.90. The van der Waals surface area contributed by atoms with E-state index in [4.69, 9.17) is 0 Å². The van der Waals surface area contributed by atoms with E-state index in [1.165, 1.54) is 17.8 Å². The number of anilines is 1. The molecular formula is C16H15F2NO2S. The van der Waals surface area contributed by atoms with Crippen molar-refractivity contribution in [2.45, 2.75) is 6.10 Å². The molecule has 0 heterocycles. The van der Waals surface area contributed by atoms with Crippen molar-refractivity contribution in [3.05, 3.63) is 65.7 Å². The Morgan fingerprint density at radius 2 is 1.86 bits per heavy atom. The van der Waals surface area contributed by atoms with Crippen LogP contribution in [0.1, 0.15) is 11.7 Å². The van der Waals surface area contributed by atoms with Crippen molar-refractivity contribution in [1.29, 1.82) is 0 Å². The van der Waals surface area contributed by atoms with Crippen LogP contribution in [0.4, 0.5) is 14.5 Å². The fraction of sp³-hybridized carbons (Fsp3) is 0.188. The Kier molecular flexibility index (Phi) is 5.91. The van der Waals surface area contributed by atoms with Crippen LogP contribution < -0.4 is 5.32 Å². The first-order valence-corrected chi connectivity index (χ1v) is 7.77. The van der Waals surface area contributed by atoms with E-state index in [1.54, 1.807) is 0 Å². The van der Waals surface area contributed by atoms with Gasteiger partial charge in [0, 0.05) is 17.5 Å². The van der Waals surface area contributed by atoms with Gasteiger partial charge >= 0.3 is 0 Å². The second kappa shape index (κ2) is 7.91. The highest BCUT2D eigenvalue weighted by Gasteiger charge is 2.10. The van der Waals surface area contributed by atoms with Gasteiger partial charge < -0.3 is 10.4 Å². The van der Waals surface area contributed by atoms with Gasteiger partial charge in [0.25, 0.3) is 0 Å². The van der Waals surface area contributed by atoms with Gasteiger partial charge in [-0.05, 0) is 17.7 Å². The molecule has 6 heteroatoms. The Bertz CT molecular complexity index is 637. The average molecular weight is 323 g/mol. The minimum absolute atomic E-state index is 0.114. The molecule has 2 N–H and O–H groups in total. The molecule has 2 aromatic carbocycles. The monoisotopic (exact) mass is 323 g/mol. The van der Waals surface area contributed by atoms with Gasteiger partial charge in [-0.25, -0.2) is 8.78 Å². The predicted molar refractivity (Wildman–Crippen MR) is 83.7 cm³/mol. The van der Waals surface area contributed by atoms with Crippen LogP contribution in [0.15, 0.2) is 48.5 Å². The maximum atomic E-state index is 13.0. The van der Waals surface area contributed by atoms with Gasteiger partial charge in [0.2, 0.25) is 5.91 Å². The lowest BCUT2D eigenvalue weighted by molar-refractivity contribution is -0.113. The molecule has 1 atom stereocenters. The number of halogens is 2. The number of benzene rings is 2. The van der Waals surface area contributed by atoms with Crippen molar-refractivity contribution in [3.63, 3.8) is 0 Å². The molecule has 22 heavy (non-hydrogen) atoms. The molecule has 3 nitrogen and oxygen atoms in total. The van der Waals surface area contributed by atoms with Crippen LogP contribution in [-0.4, -0.2) is 22.5 Å². The Balaban J connectivity index is 1.77. The highest BCUT2D eigenvalue weighted by atomic mass is 32.2. The summed E-state index contributed by atoms with van der Waals surface area (Å²) in [5.41, 5.74) is 0.990. The van der Waals surface area contributed by atoms with E-state index in [2.05, 4.69) is 5.32 Å². The van der Waals surface area contributed by atoms with Crippen LogP contribution in [0.3, 0.4) is 0 Å². The molecule has 0 aromatic heterocycles. The van der Waals surface area contributed by atoms with Crippen LogP contribution in [0.2, 0.25) is 0 Å². The second-order valence-electron chi connectivity index (χ2n) is 4.62. The summed E-state index contributed by atoms with van der Waals surface area (Å²) in [4.78, 5) is 11.7. The number of carbonyl (C=O) groups is 1. The molecule has 0 radical (unpaired) electrons. The zero-order chi connectivity index (χ0) is 15.9. The van der Waals surface area contributed by atoms with Crippen molar-refractivity contribution >= 4 is 23.4 Å². The summed E-state index contributed by atoms with van der Waals surface area (Å²) in [6, 6.07) is 12.3. The van der Waals surface area contributed by atoms with E-state index in [0.29, 0.717) is 5.75 Å². The summed E-state index contributed by atoms with van der Waals surface area (Å²) in [6.07, 6.45) is -0.651. The van der Waals surface area contributed by atoms with Crippen LogP contribution >= 0.6 is 11.8 Å². The summed E-state index contributed by atoms with van der Waals surface area (Å²) in [5, 5.41) is 12.4. The Morgan fingerprint density at radius 3 is 2.55 bits per heavy atom. The van der Waals surface area contributed by atoms with Gasteiger partial charge in [-0.1, -0.05) is 30.3 Å². The topological polar surface area (TPSA) is 49.3 Å². The zero-order valence-electron chi connectivity index (χ0n) is 11.6. The van der Waals surface area contributed by atoms with Crippen LogP contribution in [-0.2, 0) is 4.79 Å². The Hall–Kier alpha value is -1.92. The molecule has 2 rings (SSSR count). The summed E-state index contributed by atoms with van der Waals surface area (Å²) >= 11 is 1.26. The van der Waals surface area contributed by atoms with E-state index < -0.39 is 17.7 Å². The summed E-state index contributed by atoms with van der Waals surface area (Å²) < 4.78 is 25.8. The maximum Gasteiger partial charge on any atom is 0.234 e. The number of carbonyl (C=O) groups excluding carboxylic acids is 1. The molecule has 0 aliphatic heterocycles. The number of aliphatic hydroxyl groups excluding tert-OH is 1. The molecule has 1 unspecified atom stereocenters. The Labute approximate surface area is 131 Å². The first kappa shape index (κ1) is 16.5. The SMILES string of the molecule is O=C(CSCC(O)c1ccccc1)Nc1ccc(F)c(F)c1. The molecular weight excluding hydrogens is 308 g/mol. The highest BCUT2D eigenvalue weighted by Crippen LogP contribution is 2.18. The van der Waals surface area contributed by atoms with Crippen LogP contribution in [0, 0.1) is 11.6 Å². The van der Waals surface area contributed by atoms with E-state index in [0.717, 1.165) is 17.7 Å². The number of hydrogen-bond acceptors (Lipinski definition) is 3. The van der Waals surface area contributed by atoms with Crippen molar-refractivity contribution in [3.8, 4) is 0 Å². The standard InChI is InChI=1S/C16H15F2NO2S/c17-13-7-6-12(8-14(13)18)19-16(21)10-22-9-15(20)11-4-2-1-3-5-11/h1-8,15,20H,9-10H2,(H,19,21). The third kappa shape index (κ3) is 4.82. The smallest absolute Gasteiger partial charge is 0.234 e. The average Bonchev–Trinajstić information content (AvgIpc) is 2.51. The first-order chi connectivity index (χ1) is 10.6. The molecule has 0 bridgehead atoms. The van der Waals surface area contributed by atoms with Gasteiger partial charge in [-0.3, -0.25) is 4.79 Å². The minimum atomic E-state index is -1.01. The van der Waals surface area contributed by atoms with E-state index in [-0.39, 0.29) is 17.3 Å². The molecule has 0 saturated carbocycles. The van der Waals surface area contributed by atoms with Crippen LogP contribution in [0.25, 0.3) is 0 Å². The number of nitrogens with one attached hydrogen (secondary N) is 1. The first-order valence-electron chi connectivity index (χ1n) is 6.62. The van der Waals surface area contributed by atoms with Crippen molar-refractivity contribution in [1.82, 2.24) is 0 Å². The molecule has 0 fully saturated rings. The normalized spacial score (nSPS) is 12.0. The molecule has 2 aromatic rings. The van der Waals surface area contributed by atoms with Gasteiger partial charge in [0.1, 0.15) is 0 Å². The molecule has 0 spiro atoms. The lowest BCUT2D eigenvalue weighted by atomic mass is 10.1. The summed E-state index contributed by atoms with van der Waals surface area (Å²) in [6.45, 7) is 0. The summed E-state index contributed by atoms with van der Waals surface area (Å²) in [5.74, 6) is -1.82. The number of thioether (sulfide) groups is 1.